The molecule has 0 fully saturated rings. The minimum absolute atomic E-state index is 0.182. The number of hydrogen-bond acceptors (Lipinski definition) is 10. The molecule has 0 saturated heterocycles. The van der Waals surface area contributed by atoms with Crippen molar-refractivity contribution < 1.29 is 24.3 Å². The molecule has 0 saturated carbocycles. The highest BCUT2D eigenvalue weighted by atomic mass is 16.6. The molecular weight excluding hydrogens is 462 g/mol. The monoisotopic (exact) mass is 477 g/mol. The Labute approximate surface area is 196 Å². The van der Waals surface area contributed by atoms with Crippen LogP contribution in [-0.2, 0) is 4.74 Å². The number of non-ortho nitro benzene ring substituents is 2. The van der Waals surface area contributed by atoms with Crippen molar-refractivity contribution in [3.05, 3.63) is 76.9 Å². The quantitative estimate of drug-likeness (QED) is 0.200. The summed E-state index contributed by atoms with van der Waals surface area (Å²) >= 11 is 0. The maximum atomic E-state index is 13.1. The van der Waals surface area contributed by atoms with Crippen LogP contribution in [0.4, 0.5) is 17.1 Å². The van der Waals surface area contributed by atoms with Crippen LogP contribution in [0, 0.1) is 53.0 Å². The number of nitrogens with zero attached hydrogens (tertiary/aromatic N) is 5. The summed E-state index contributed by atoms with van der Waals surface area (Å²) in [4.78, 5) is 45.4. The first-order chi connectivity index (χ1) is 16.5. The minimum Gasteiger partial charge on any atom is -0.459 e. The van der Waals surface area contributed by atoms with Crippen LogP contribution in [0.25, 0.3) is 16.7 Å². The summed E-state index contributed by atoms with van der Waals surface area (Å²) in [7, 11) is 0. The summed E-state index contributed by atoms with van der Waals surface area (Å²) in [6.45, 7) is 3.46. The average molecular weight is 477 g/mol. The third kappa shape index (κ3) is 4.26. The zero-order chi connectivity index (χ0) is 26.0. The number of ether oxygens (including phenoxy) is 1. The summed E-state index contributed by atoms with van der Waals surface area (Å²) in [5.41, 5.74) is -4.25. The standard InChI is InChI=1S/C22H15N5O8/c1-3-4-11(2)35-22(28)17-7-13(25(29)30)5-15-19(12(9-23)10-24)16-6-14(26(31)32)8-18(27(33)34)21(16)20(15)17/h5-8,11H,3-4H2,1-2H3/t11-/m1/s1. The van der Waals surface area contributed by atoms with Crippen LogP contribution >= 0.6 is 0 Å². The van der Waals surface area contributed by atoms with E-state index in [0.29, 0.717) is 18.9 Å². The maximum Gasteiger partial charge on any atom is 0.339 e. The second-order valence-electron chi connectivity index (χ2n) is 7.55. The van der Waals surface area contributed by atoms with Gasteiger partial charge in [0.25, 0.3) is 17.1 Å². The number of carbonyl (C=O) groups excluding carboxylic acids is 1. The highest BCUT2D eigenvalue weighted by Gasteiger charge is 2.40. The zero-order valence-electron chi connectivity index (χ0n) is 18.3. The van der Waals surface area contributed by atoms with Crippen molar-refractivity contribution in [2.45, 2.75) is 32.8 Å². The van der Waals surface area contributed by atoms with Crippen molar-refractivity contribution in [2.75, 3.05) is 0 Å². The minimum atomic E-state index is -1.01. The molecule has 0 bridgehead atoms. The summed E-state index contributed by atoms with van der Waals surface area (Å²) in [5.74, 6) is -1.01. The van der Waals surface area contributed by atoms with Crippen molar-refractivity contribution in [1.29, 1.82) is 10.5 Å². The van der Waals surface area contributed by atoms with E-state index in [-0.39, 0.29) is 27.8 Å². The Kier molecular flexibility index (Phi) is 6.55. The van der Waals surface area contributed by atoms with E-state index in [1.54, 1.807) is 19.1 Å². The molecule has 1 aliphatic rings. The molecule has 0 aromatic heterocycles. The Hall–Kier alpha value is -5.17. The summed E-state index contributed by atoms with van der Waals surface area (Å²) < 4.78 is 5.38. The molecule has 0 heterocycles. The summed E-state index contributed by atoms with van der Waals surface area (Å²) in [5, 5.41) is 54.0. The van der Waals surface area contributed by atoms with Gasteiger partial charge >= 0.3 is 5.97 Å². The third-order valence-corrected chi connectivity index (χ3v) is 5.33. The molecule has 13 nitrogen and oxygen atoms in total. The van der Waals surface area contributed by atoms with Gasteiger partial charge < -0.3 is 4.74 Å². The molecule has 1 aliphatic carbocycles. The van der Waals surface area contributed by atoms with E-state index < -0.39 is 55.0 Å². The number of fused-ring (bicyclic) bond motifs is 3. The van der Waals surface area contributed by atoms with Gasteiger partial charge in [0.2, 0.25) is 0 Å². The van der Waals surface area contributed by atoms with Crippen LogP contribution < -0.4 is 0 Å². The largest absolute Gasteiger partial charge is 0.459 e. The van der Waals surface area contributed by atoms with Gasteiger partial charge in [-0.15, -0.1) is 0 Å². The highest BCUT2D eigenvalue weighted by Crippen LogP contribution is 2.53. The van der Waals surface area contributed by atoms with Crippen LogP contribution in [0.5, 0.6) is 0 Å². The van der Waals surface area contributed by atoms with E-state index in [0.717, 1.165) is 18.2 Å². The van der Waals surface area contributed by atoms with Crippen molar-refractivity contribution in [3.63, 3.8) is 0 Å². The van der Waals surface area contributed by atoms with E-state index in [1.807, 2.05) is 6.92 Å². The SMILES string of the molecule is CCC[C@@H](C)OC(=O)c1cc([N+](=O)[O-])cc2c1-c1c(cc([N+](=O)[O-])cc1[N+](=O)[O-])C2=C(C#N)C#N. The predicted octanol–water partition coefficient (Wildman–Crippen LogP) is 4.59. The molecule has 0 unspecified atom stereocenters. The number of carbonyl (C=O) groups is 1. The lowest BCUT2D eigenvalue weighted by Crippen LogP contribution is -2.16. The van der Waals surface area contributed by atoms with E-state index >= 15 is 0 Å². The number of nitro benzene ring substituents is 3. The van der Waals surface area contributed by atoms with Crippen molar-refractivity contribution in [3.8, 4) is 23.3 Å². The average Bonchev–Trinajstić information content (AvgIpc) is 3.13. The molecule has 0 amide bonds. The molecule has 35 heavy (non-hydrogen) atoms. The molecule has 0 aliphatic heterocycles. The number of nitro groups is 3. The Balaban J connectivity index is 2.53. The number of nitriles is 2. The van der Waals surface area contributed by atoms with E-state index in [9.17, 15) is 45.7 Å². The molecule has 0 spiro atoms. The normalized spacial score (nSPS) is 11.9. The Bertz CT molecular complexity index is 1410. The summed E-state index contributed by atoms with van der Waals surface area (Å²) in [6, 6.07) is 6.67. The first kappa shape index (κ1) is 24.5. The van der Waals surface area contributed by atoms with Gasteiger partial charge in [-0.3, -0.25) is 30.3 Å². The van der Waals surface area contributed by atoms with E-state index in [1.165, 1.54) is 0 Å². The van der Waals surface area contributed by atoms with Crippen LogP contribution in [0.2, 0.25) is 0 Å². The Morgan fingerprint density at radius 1 is 0.943 bits per heavy atom. The van der Waals surface area contributed by atoms with E-state index in [2.05, 4.69) is 0 Å². The van der Waals surface area contributed by atoms with Gasteiger partial charge in [0, 0.05) is 40.5 Å². The fraction of sp³-hybridized carbons (Fsp3) is 0.227. The van der Waals surface area contributed by atoms with Crippen LogP contribution in [0.1, 0.15) is 48.2 Å². The molecule has 3 rings (SSSR count). The number of hydrogen-bond donors (Lipinski definition) is 0. The van der Waals surface area contributed by atoms with Gasteiger partial charge in [0.1, 0.15) is 17.7 Å². The lowest BCUT2D eigenvalue weighted by molar-refractivity contribution is -0.393. The number of benzene rings is 2. The lowest BCUT2D eigenvalue weighted by Gasteiger charge is -2.14. The van der Waals surface area contributed by atoms with Gasteiger partial charge in [-0.2, -0.15) is 10.5 Å². The number of rotatable bonds is 7. The van der Waals surface area contributed by atoms with Crippen molar-refractivity contribution in [1.82, 2.24) is 0 Å². The van der Waals surface area contributed by atoms with Gasteiger partial charge in [-0.1, -0.05) is 13.3 Å². The first-order valence-electron chi connectivity index (χ1n) is 10.1. The molecule has 1 atom stereocenters. The topological polar surface area (TPSA) is 203 Å². The zero-order valence-corrected chi connectivity index (χ0v) is 18.3. The molecule has 176 valence electrons. The molecule has 13 heteroatoms. The second-order valence-corrected chi connectivity index (χ2v) is 7.55. The Morgan fingerprint density at radius 3 is 1.97 bits per heavy atom. The van der Waals surface area contributed by atoms with Crippen LogP contribution in [0.15, 0.2) is 29.8 Å². The fourth-order valence-corrected chi connectivity index (χ4v) is 3.94. The first-order valence-corrected chi connectivity index (χ1v) is 10.1. The summed E-state index contributed by atoms with van der Waals surface area (Å²) in [6.07, 6.45) is 0.559. The van der Waals surface area contributed by atoms with Gasteiger partial charge in [-0.05, 0) is 13.3 Å². The third-order valence-electron chi connectivity index (χ3n) is 5.33. The molecule has 0 N–H and O–H groups in total. The Morgan fingerprint density at radius 2 is 1.49 bits per heavy atom. The van der Waals surface area contributed by atoms with Gasteiger partial charge in [0.05, 0.1) is 38.1 Å². The van der Waals surface area contributed by atoms with Crippen LogP contribution in [-0.4, -0.2) is 26.8 Å². The molecule has 0 radical (unpaired) electrons. The van der Waals surface area contributed by atoms with Crippen molar-refractivity contribution in [2.24, 2.45) is 0 Å². The number of allylic oxidation sites excluding steroid dienone is 1. The maximum absolute atomic E-state index is 13.1. The predicted molar refractivity (Wildman–Crippen MR) is 119 cm³/mol. The molecule has 2 aromatic rings. The molecular formula is C22H15N5O8. The van der Waals surface area contributed by atoms with Crippen molar-refractivity contribution >= 4 is 28.6 Å². The van der Waals surface area contributed by atoms with Gasteiger partial charge in [0.15, 0.2) is 0 Å². The number of esters is 1. The van der Waals surface area contributed by atoms with E-state index in [4.69, 9.17) is 4.74 Å². The highest BCUT2D eigenvalue weighted by molar-refractivity contribution is 6.13. The second kappa shape index (κ2) is 9.36. The molecule has 2 aromatic carbocycles. The van der Waals surface area contributed by atoms with Gasteiger partial charge in [-0.25, -0.2) is 4.79 Å². The van der Waals surface area contributed by atoms with Crippen LogP contribution in [0.3, 0.4) is 0 Å². The smallest absolute Gasteiger partial charge is 0.339 e. The fourth-order valence-electron chi connectivity index (χ4n) is 3.94. The lowest BCUT2D eigenvalue weighted by atomic mass is 9.96.